The van der Waals surface area contributed by atoms with Crippen LogP contribution in [-0.4, -0.2) is 21.4 Å². The monoisotopic (exact) mass is 285 g/mol. The lowest BCUT2D eigenvalue weighted by Gasteiger charge is -2.08. The maximum atomic E-state index is 11.2. The maximum Gasteiger partial charge on any atom is 0.373 e. The van der Waals surface area contributed by atoms with Crippen LogP contribution in [-0.2, 0) is 0 Å². The Morgan fingerprint density at radius 1 is 1.48 bits per heavy atom. The summed E-state index contributed by atoms with van der Waals surface area (Å²) in [6, 6.07) is 8.24. The fourth-order valence-corrected chi connectivity index (χ4v) is 1.64. The molecule has 1 heterocycles. The Labute approximate surface area is 120 Å². The molecule has 0 amide bonds. The highest BCUT2D eigenvalue weighted by molar-refractivity contribution is 5.61. The molecule has 0 fully saturated rings. The molecular weight excluding hydrogens is 274 g/mol. The number of ether oxygens (including phenoxy) is 1. The zero-order valence-corrected chi connectivity index (χ0v) is 11.1. The van der Waals surface area contributed by atoms with Crippen LogP contribution in [0.4, 0.5) is 11.5 Å². The lowest BCUT2D eigenvalue weighted by Crippen LogP contribution is -2.06. The van der Waals surface area contributed by atoms with Gasteiger partial charge in [0.2, 0.25) is 5.82 Å². The van der Waals surface area contributed by atoms with Gasteiger partial charge in [-0.2, -0.15) is 10.2 Å². The van der Waals surface area contributed by atoms with Crippen molar-refractivity contribution in [2.45, 2.75) is 6.92 Å². The van der Waals surface area contributed by atoms with Crippen LogP contribution in [0, 0.1) is 21.4 Å². The molecule has 0 aliphatic carbocycles. The van der Waals surface area contributed by atoms with Gasteiger partial charge in [-0.15, -0.1) is 0 Å². The van der Waals surface area contributed by atoms with E-state index in [-0.39, 0.29) is 17.4 Å². The van der Waals surface area contributed by atoms with Crippen LogP contribution < -0.4 is 10.1 Å². The molecule has 0 aliphatic heterocycles. The van der Waals surface area contributed by atoms with Crippen molar-refractivity contribution >= 4 is 11.5 Å². The Kier molecular flexibility index (Phi) is 4.26. The van der Waals surface area contributed by atoms with Crippen LogP contribution >= 0.6 is 0 Å². The number of rotatable bonds is 5. The average molecular weight is 285 g/mol. The van der Waals surface area contributed by atoms with Crippen molar-refractivity contribution in [1.29, 1.82) is 5.26 Å². The van der Waals surface area contributed by atoms with Crippen LogP contribution in [0.5, 0.6) is 11.6 Å². The quantitative estimate of drug-likeness (QED) is 0.662. The molecule has 8 nitrogen and oxygen atoms in total. The topological polar surface area (TPSA) is 114 Å². The van der Waals surface area contributed by atoms with Crippen molar-refractivity contribution in [3.05, 3.63) is 46.3 Å². The summed E-state index contributed by atoms with van der Waals surface area (Å²) in [5, 5.41) is 22.8. The van der Waals surface area contributed by atoms with E-state index in [0.717, 1.165) is 0 Å². The molecule has 21 heavy (non-hydrogen) atoms. The average Bonchev–Trinajstić information content (AvgIpc) is 2.47. The van der Waals surface area contributed by atoms with Gasteiger partial charge in [0.15, 0.2) is 0 Å². The molecule has 1 N–H and O–H groups in total. The van der Waals surface area contributed by atoms with Crippen molar-refractivity contribution in [2.75, 3.05) is 11.9 Å². The third-order valence-electron chi connectivity index (χ3n) is 2.49. The van der Waals surface area contributed by atoms with E-state index in [9.17, 15) is 10.1 Å². The van der Waals surface area contributed by atoms with E-state index in [0.29, 0.717) is 17.9 Å². The zero-order valence-electron chi connectivity index (χ0n) is 11.1. The van der Waals surface area contributed by atoms with Gasteiger partial charge in [-0.05, 0) is 25.1 Å². The number of nitro groups is 1. The molecular formula is C13H11N5O3. The summed E-state index contributed by atoms with van der Waals surface area (Å²) in [5.41, 5.74) is 0.0397. The van der Waals surface area contributed by atoms with Crippen LogP contribution in [0.25, 0.3) is 0 Å². The minimum atomic E-state index is -0.610. The maximum absolute atomic E-state index is 11.2. The number of benzene rings is 1. The molecule has 0 saturated carbocycles. The molecule has 1 aromatic carbocycles. The summed E-state index contributed by atoms with van der Waals surface area (Å²) in [6.45, 7) is 2.27. The van der Waals surface area contributed by atoms with E-state index in [1.54, 1.807) is 25.1 Å². The Hall–Kier alpha value is -3.21. The number of anilines is 1. The zero-order chi connectivity index (χ0) is 15.2. The van der Waals surface area contributed by atoms with E-state index < -0.39 is 4.92 Å². The number of nitriles is 1. The van der Waals surface area contributed by atoms with E-state index in [1.807, 2.05) is 6.07 Å². The first kappa shape index (κ1) is 14.2. The standard InChI is InChI=1S/C13H11N5O3/c1-2-15-12-11(18(19)20)13(17-8-16-12)21-10-5-3-4-9(6-10)7-14/h3-6,8H,2H2,1H3,(H,15,16,17). The smallest absolute Gasteiger partial charge is 0.373 e. The Morgan fingerprint density at radius 2 is 2.29 bits per heavy atom. The van der Waals surface area contributed by atoms with E-state index >= 15 is 0 Å². The lowest BCUT2D eigenvalue weighted by molar-refractivity contribution is -0.385. The third kappa shape index (κ3) is 3.22. The first-order valence-electron chi connectivity index (χ1n) is 6.07. The Morgan fingerprint density at radius 3 is 2.95 bits per heavy atom. The second kappa shape index (κ2) is 6.29. The second-order valence-corrected chi connectivity index (χ2v) is 3.91. The van der Waals surface area contributed by atoms with Gasteiger partial charge in [0, 0.05) is 6.54 Å². The molecule has 0 atom stereocenters. The van der Waals surface area contributed by atoms with Gasteiger partial charge < -0.3 is 10.1 Å². The summed E-state index contributed by atoms with van der Waals surface area (Å²) in [4.78, 5) is 18.2. The largest absolute Gasteiger partial charge is 0.434 e. The van der Waals surface area contributed by atoms with Gasteiger partial charge in [-0.25, -0.2) is 4.98 Å². The molecule has 0 radical (unpaired) electrons. The van der Waals surface area contributed by atoms with Crippen LogP contribution in [0.3, 0.4) is 0 Å². The lowest BCUT2D eigenvalue weighted by atomic mass is 10.2. The van der Waals surface area contributed by atoms with Crippen molar-refractivity contribution in [1.82, 2.24) is 9.97 Å². The van der Waals surface area contributed by atoms with E-state index in [4.69, 9.17) is 10.00 Å². The highest BCUT2D eigenvalue weighted by atomic mass is 16.6. The molecule has 106 valence electrons. The number of aromatic nitrogens is 2. The number of nitrogens with one attached hydrogen (secondary N) is 1. The predicted octanol–water partition coefficient (Wildman–Crippen LogP) is 2.48. The Bertz CT molecular complexity index is 711. The van der Waals surface area contributed by atoms with Crippen molar-refractivity contribution in [2.24, 2.45) is 0 Å². The van der Waals surface area contributed by atoms with Crippen molar-refractivity contribution in [3.63, 3.8) is 0 Å². The fraction of sp³-hybridized carbons (Fsp3) is 0.154. The summed E-state index contributed by atoms with van der Waals surface area (Å²) >= 11 is 0. The molecule has 0 unspecified atom stereocenters. The van der Waals surface area contributed by atoms with Crippen LogP contribution in [0.1, 0.15) is 12.5 Å². The minimum Gasteiger partial charge on any atom is -0.434 e. The predicted molar refractivity (Wildman–Crippen MR) is 74.1 cm³/mol. The number of hydrogen-bond acceptors (Lipinski definition) is 7. The van der Waals surface area contributed by atoms with Crippen LogP contribution in [0.2, 0.25) is 0 Å². The summed E-state index contributed by atoms with van der Waals surface area (Å²) in [5.74, 6) is 0.197. The van der Waals surface area contributed by atoms with Gasteiger partial charge in [-0.3, -0.25) is 10.1 Å². The molecule has 2 rings (SSSR count). The minimum absolute atomic E-state index is 0.0870. The molecule has 2 aromatic rings. The number of hydrogen-bond donors (Lipinski definition) is 1. The third-order valence-corrected chi connectivity index (χ3v) is 2.49. The first-order valence-corrected chi connectivity index (χ1v) is 6.07. The first-order chi connectivity index (χ1) is 10.2. The molecule has 0 spiro atoms. The summed E-state index contributed by atoms with van der Waals surface area (Å²) in [6.07, 6.45) is 1.18. The normalized spacial score (nSPS) is 9.71. The van der Waals surface area contributed by atoms with Gasteiger partial charge in [0.25, 0.3) is 0 Å². The highest BCUT2D eigenvalue weighted by Crippen LogP contribution is 2.33. The van der Waals surface area contributed by atoms with Crippen molar-refractivity contribution in [3.8, 4) is 17.7 Å². The number of nitrogens with zero attached hydrogens (tertiary/aromatic N) is 4. The molecule has 0 saturated heterocycles. The van der Waals surface area contributed by atoms with Crippen LogP contribution in [0.15, 0.2) is 30.6 Å². The van der Waals surface area contributed by atoms with E-state index in [1.165, 1.54) is 12.4 Å². The van der Waals surface area contributed by atoms with Crippen molar-refractivity contribution < 1.29 is 9.66 Å². The van der Waals surface area contributed by atoms with Gasteiger partial charge in [-0.1, -0.05) is 6.07 Å². The van der Waals surface area contributed by atoms with Gasteiger partial charge in [0.05, 0.1) is 16.6 Å². The highest BCUT2D eigenvalue weighted by Gasteiger charge is 2.24. The van der Waals surface area contributed by atoms with E-state index in [2.05, 4.69) is 15.3 Å². The fourth-order valence-electron chi connectivity index (χ4n) is 1.64. The molecule has 0 bridgehead atoms. The van der Waals surface area contributed by atoms with Gasteiger partial charge >= 0.3 is 11.6 Å². The molecule has 8 heteroatoms. The second-order valence-electron chi connectivity index (χ2n) is 3.91. The summed E-state index contributed by atoms with van der Waals surface area (Å²) < 4.78 is 5.42. The Balaban J connectivity index is 2.41. The summed E-state index contributed by atoms with van der Waals surface area (Å²) in [7, 11) is 0. The van der Waals surface area contributed by atoms with Gasteiger partial charge in [0.1, 0.15) is 12.1 Å². The molecule has 0 aliphatic rings. The SMILES string of the molecule is CCNc1ncnc(Oc2cccc(C#N)c2)c1[N+](=O)[O-]. The molecule has 1 aromatic heterocycles.